The lowest BCUT2D eigenvalue weighted by Gasteiger charge is -2.15. The number of carbonyl (C=O) groups is 1. The molecule has 0 aliphatic carbocycles. The number of fused-ring (bicyclic) bond motifs is 1. The van der Waals surface area contributed by atoms with E-state index in [0.29, 0.717) is 39.2 Å². The van der Waals surface area contributed by atoms with E-state index in [0.717, 1.165) is 21.6 Å². The number of ether oxygens (including phenoxy) is 1. The smallest absolute Gasteiger partial charge is 0.257 e. The summed E-state index contributed by atoms with van der Waals surface area (Å²) >= 11 is 19.7. The molecule has 168 valence electrons. The van der Waals surface area contributed by atoms with E-state index >= 15 is 0 Å². The third-order valence-electron chi connectivity index (χ3n) is 4.61. The SMILES string of the molecule is CCCOc1cccc(C(=O)NC(=S)Nc2c(Cl)cc(Cl)cc2-c2nc3ccccc3s2)c1. The van der Waals surface area contributed by atoms with E-state index in [9.17, 15) is 4.79 Å². The standard InChI is InChI=1S/C24H19Cl2N3O2S2/c1-2-10-31-16-7-5-6-14(11-16)22(30)29-24(32)28-21-17(12-15(25)13-18(21)26)23-27-19-8-3-4-9-20(19)33-23/h3-9,11-13H,2,10H2,1H3,(H2,28,29,30,32). The van der Waals surface area contributed by atoms with Crippen molar-refractivity contribution in [1.82, 2.24) is 10.3 Å². The number of nitrogens with one attached hydrogen (secondary N) is 2. The highest BCUT2D eigenvalue weighted by molar-refractivity contribution is 7.80. The maximum absolute atomic E-state index is 12.7. The Morgan fingerprint density at radius 2 is 1.94 bits per heavy atom. The topological polar surface area (TPSA) is 63.2 Å². The number of hydrogen-bond donors (Lipinski definition) is 2. The maximum Gasteiger partial charge on any atom is 0.257 e. The van der Waals surface area contributed by atoms with E-state index in [1.807, 2.05) is 31.2 Å². The monoisotopic (exact) mass is 515 g/mol. The van der Waals surface area contributed by atoms with Crippen molar-refractivity contribution in [1.29, 1.82) is 0 Å². The fourth-order valence-electron chi connectivity index (χ4n) is 3.12. The van der Waals surface area contributed by atoms with Gasteiger partial charge < -0.3 is 10.1 Å². The van der Waals surface area contributed by atoms with Crippen LogP contribution in [0.2, 0.25) is 10.0 Å². The van der Waals surface area contributed by atoms with Crippen molar-refractivity contribution >= 4 is 73.7 Å². The van der Waals surface area contributed by atoms with E-state index < -0.39 is 0 Å². The minimum Gasteiger partial charge on any atom is -0.494 e. The first-order valence-corrected chi connectivity index (χ1v) is 12.1. The molecule has 0 spiro atoms. The summed E-state index contributed by atoms with van der Waals surface area (Å²) in [5.41, 5.74) is 2.52. The Bertz CT molecular complexity index is 1310. The van der Waals surface area contributed by atoms with Gasteiger partial charge in [-0.2, -0.15) is 0 Å². The number of hydrogen-bond acceptors (Lipinski definition) is 5. The molecule has 1 amide bonds. The lowest BCUT2D eigenvalue weighted by Crippen LogP contribution is -2.34. The van der Waals surface area contributed by atoms with E-state index in [-0.39, 0.29) is 11.0 Å². The van der Waals surface area contributed by atoms with Crippen LogP contribution in [-0.2, 0) is 0 Å². The molecule has 0 aliphatic heterocycles. The summed E-state index contributed by atoms with van der Waals surface area (Å²) in [6, 6.07) is 18.2. The van der Waals surface area contributed by atoms with Crippen molar-refractivity contribution in [2.75, 3.05) is 11.9 Å². The van der Waals surface area contributed by atoms with Crippen molar-refractivity contribution in [2.24, 2.45) is 0 Å². The van der Waals surface area contributed by atoms with Gasteiger partial charge in [0.05, 0.1) is 27.5 Å². The number of carbonyl (C=O) groups excluding carboxylic acids is 1. The molecule has 0 aliphatic rings. The van der Waals surface area contributed by atoms with Crippen LogP contribution in [-0.4, -0.2) is 22.6 Å². The Labute approximate surface area is 210 Å². The highest BCUT2D eigenvalue weighted by Gasteiger charge is 2.17. The molecule has 0 bridgehead atoms. The molecule has 4 aromatic rings. The largest absolute Gasteiger partial charge is 0.494 e. The van der Waals surface area contributed by atoms with Crippen LogP contribution in [0.4, 0.5) is 5.69 Å². The normalized spacial score (nSPS) is 10.8. The molecule has 0 atom stereocenters. The Morgan fingerprint density at radius 3 is 2.73 bits per heavy atom. The number of para-hydroxylation sites is 1. The summed E-state index contributed by atoms with van der Waals surface area (Å²) < 4.78 is 6.64. The van der Waals surface area contributed by atoms with Crippen LogP contribution in [0.25, 0.3) is 20.8 Å². The molecule has 9 heteroatoms. The van der Waals surface area contributed by atoms with Gasteiger partial charge in [-0.25, -0.2) is 4.98 Å². The third-order valence-corrected chi connectivity index (χ3v) is 6.40. The van der Waals surface area contributed by atoms with Gasteiger partial charge in [-0.1, -0.05) is 48.3 Å². The molecule has 0 saturated carbocycles. The molecule has 2 N–H and O–H groups in total. The highest BCUT2D eigenvalue weighted by Crippen LogP contribution is 2.40. The van der Waals surface area contributed by atoms with Crippen molar-refractivity contribution in [2.45, 2.75) is 13.3 Å². The van der Waals surface area contributed by atoms with Crippen LogP contribution >= 0.6 is 46.8 Å². The van der Waals surface area contributed by atoms with Crippen LogP contribution in [0.3, 0.4) is 0 Å². The summed E-state index contributed by atoms with van der Waals surface area (Å²) in [5.74, 6) is 0.267. The van der Waals surface area contributed by atoms with Crippen LogP contribution in [0, 0.1) is 0 Å². The summed E-state index contributed by atoms with van der Waals surface area (Å²) in [7, 11) is 0. The molecule has 1 aromatic heterocycles. The van der Waals surface area contributed by atoms with Crippen LogP contribution in [0.15, 0.2) is 60.7 Å². The lowest BCUT2D eigenvalue weighted by molar-refractivity contribution is 0.0977. The number of aromatic nitrogens is 1. The fourth-order valence-corrected chi connectivity index (χ4v) is 4.85. The van der Waals surface area contributed by atoms with Crippen molar-refractivity contribution in [3.63, 3.8) is 0 Å². The second-order valence-electron chi connectivity index (χ2n) is 7.08. The molecular weight excluding hydrogens is 497 g/mol. The average molecular weight is 516 g/mol. The molecule has 0 radical (unpaired) electrons. The summed E-state index contributed by atoms with van der Waals surface area (Å²) in [6.07, 6.45) is 0.878. The van der Waals surface area contributed by atoms with E-state index in [1.54, 1.807) is 36.4 Å². The molecule has 4 rings (SSSR count). The van der Waals surface area contributed by atoms with Crippen molar-refractivity contribution < 1.29 is 9.53 Å². The average Bonchev–Trinajstić information content (AvgIpc) is 3.23. The summed E-state index contributed by atoms with van der Waals surface area (Å²) in [6.45, 7) is 2.60. The zero-order chi connectivity index (χ0) is 23.4. The number of halogens is 2. The first-order valence-electron chi connectivity index (χ1n) is 10.1. The molecule has 0 fully saturated rings. The number of anilines is 1. The van der Waals surface area contributed by atoms with Gasteiger partial charge in [0.15, 0.2) is 5.11 Å². The Kier molecular flexibility index (Phi) is 7.45. The van der Waals surface area contributed by atoms with E-state index in [1.165, 1.54) is 11.3 Å². The minimum absolute atomic E-state index is 0.103. The maximum atomic E-state index is 12.7. The van der Waals surface area contributed by atoms with Crippen molar-refractivity contribution in [3.8, 4) is 16.3 Å². The summed E-state index contributed by atoms with van der Waals surface area (Å²) in [5, 5.41) is 7.41. The van der Waals surface area contributed by atoms with Gasteiger partial charge in [0.25, 0.3) is 5.91 Å². The van der Waals surface area contributed by atoms with Gasteiger partial charge >= 0.3 is 0 Å². The number of thiocarbonyl (C=S) groups is 1. The van der Waals surface area contributed by atoms with Gasteiger partial charge in [-0.15, -0.1) is 11.3 Å². The summed E-state index contributed by atoms with van der Waals surface area (Å²) in [4.78, 5) is 17.4. The minimum atomic E-state index is -0.360. The van der Waals surface area contributed by atoms with E-state index in [2.05, 4.69) is 10.6 Å². The zero-order valence-corrected chi connectivity index (χ0v) is 20.7. The first-order chi connectivity index (χ1) is 15.9. The van der Waals surface area contributed by atoms with Gasteiger partial charge in [-0.3, -0.25) is 10.1 Å². The second kappa shape index (κ2) is 10.5. The van der Waals surface area contributed by atoms with Crippen LogP contribution < -0.4 is 15.4 Å². The predicted octanol–water partition coefficient (Wildman–Crippen LogP) is 7.19. The zero-order valence-electron chi connectivity index (χ0n) is 17.5. The first kappa shape index (κ1) is 23.4. The number of thiazole rings is 1. The quantitative estimate of drug-likeness (QED) is 0.266. The third kappa shape index (κ3) is 5.62. The number of rotatable bonds is 6. The Morgan fingerprint density at radius 1 is 1.12 bits per heavy atom. The Hall–Kier alpha value is -2.71. The van der Waals surface area contributed by atoms with Gasteiger partial charge in [0, 0.05) is 16.1 Å². The molecule has 33 heavy (non-hydrogen) atoms. The number of amides is 1. The molecule has 1 heterocycles. The van der Waals surface area contributed by atoms with Crippen molar-refractivity contribution in [3.05, 3.63) is 76.3 Å². The van der Waals surface area contributed by atoms with Crippen LogP contribution in [0.5, 0.6) is 5.75 Å². The Balaban J connectivity index is 1.56. The molecule has 5 nitrogen and oxygen atoms in total. The highest BCUT2D eigenvalue weighted by atomic mass is 35.5. The second-order valence-corrected chi connectivity index (χ2v) is 9.36. The fraction of sp³-hybridized carbons (Fsp3) is 0.125. The van der Waals surface area contributed by atoms with Crippen LogP contribution in [0.1, 0.15) is 23.7 Å². The predicted molar refractivity (Wildman–Crippen MR) is 141 cm³/mol. The van der Waals surface area contributed by atoms with E-state index in [4.69, 9.17) is 45.1 Å². The van der Waals surface area contributed by atoms with Gasteiger partial charge in [0.1, 0.15) is 10.8 Å². The number of nitrogens with zero attached hydrogens (tertiary/aromatic N) is 1. The molecule has 3 aromatic carbocycles. The lowest BCUT2D eigenvalue weighted by atomic mass is 10.2. The van der Waals surface area contributed by atoms with Gasteiger partial charge in [0.2, 0.25) is 0 Å². The molecular formula is C24H19Cl2N3O2S2. The molecule has 0 saturated heterocycles. The van der Waals surface area contributed by atoms with Gasteiger partial charge in [-0.05, 0) is 61.1 Å². The number of benzene rings is 3. The molecule has 0 unspecified atom stereocenters.